The lowest BCUT2D eigenvalue weighted by molar-refractivity contribution is 0.415. The highest BCUT2D eigenvalue weighted by Crippen LogP contribution is 2.25. The minimum Gasteiger partial charge on any atom is -0.497 e. The summed E-state index contributed by atoms with van der Waals surface area (Å²) in [6, 6.07) is 15.2. The molecule has 0 unspecified atom stereocenters. The van der Waals surface area contributed by atoms with Crippen LogP contribution in [0.15, 0.2) is 53.6 Å². The van der Waals surface area contributed by atoms with Gasteiger partial charge in [-0.3, -0.25) is 0 Å². The van der Waals surface area contributed by atoms with Crippen molar-refractivity contribution in [3.05, 3.63) is 70.1 Å². The summed E-state index contributed by atoms with van der Waals surface area (Å²) in [6.45, 7) is 0. The van der Waals surface area contributed by atoms with Crippen molar-refractivity contribution in [2.45, 2.75) is 6.42 Å². The molecule has 0 N–H and O–H groups in total. The lowest BCUT2D eigenvalue weighted by Gasteiger charge is -2.04. The Morgan fingerprint density at radius 2 is 2.00 bits per heavy atom. The van der Waals surface area contributed by atoms with Gasteiger partial charge in [-0.15, -0.1) is 0 Å². The summed E-state index contributed by atoms with van der Waals surface area (Å²) >= 11 is 0. The van der Waals surface area contributed by atoms with Crippen molar-refractivity contribution in [2.75, 3.05) is 7.11 Å². The van der Waals surface area contributed by atoms with Gasteiger partial charge in [0, 0.05) is 22.6 Å². The summed E-state index contributed by atoms with van der Waals surface area (Å²) in [5.41, 5.74) is 11.0. The SMILES string of the molecule is COc1ccc(CC#Cc2ccccc2)c(N=[N+]=[N-])c1. The highest BCUT2D eigenvalue weighted by Gasteiger charge is 2.01. The monoisotopic (exact) mass is 263 g/mol. The number of nitrogens with zero attached hydrogens (tertiary/aromatic N) is 3. The zero-order chi connectivity index (χ0) is 14.2. The van der Waals surface area contributed by atoms with Crippen LogP contribution in [0.4, 0.5) is 5.69 Å². The van der Waals surface area contributed by atoms with E-state index in [1.54, 1.807) is 13.2 Å². The van der Waals surface area contributed by atoms with E-state index in [9.17, 15) is 0 Å². The molecule has 2 rings (SSSR count). The van der Waals surface area contributed by atoms with Crippen molar-refractivity contribution in [3.63, 3.8) is 0 Å². The fraction of sp³-hybridized carbons (Fsp3) is 0.125. The van der Waals surface area contributed by atoms with Gasteiger partial charge in [-0.1, -0.05) is 41.2 Å². The first-order valence-electron chi connectivity index (χ1n) is 6.09. The third kappa shape index (κ3) is 3.55. The number of rotatable bonds is 3. The topological polar surface area (TPSA) is 58.0 Å². The Hall–Kier alpha value is -2.89. The molecule has 0 aliphatic heterocycles. The Kier molecular flexibility index (Phi) is 4.66. The molecule has 0 aliphatic rings. The summed E-state index contributed by atoms with van der Waals surface area (Å²) in [4.78, 5) is 2.83. The van der Waals surface area contributed by atoms with Gasteiger partial charge in [-0.05, 0) is 35.4 Å². The average molecular weight is 263 g/mol. The summed E-state index contributed by atoms with van der Waals surface area (Å²) in [5.74, 6) is 6.81. The van der Waals surface area contributed by atoms with E-state index in [-0.39, 0.29) is 0 Å². The molecule has 0 spiro atoms. The molecule has 0 atom stereocenters. The predicted molar refractivity (Wildman–Crippen MR) is 78.8 cm³/mol. The first kappa shape index (κ1) is 13.5. The molecule has 4 nitrogen and oxygen atoms in total. The molecule has 0 aromatic heterocycles. The summed E-state index contributed by atoms with van der Waals surface area (Å²) in [7, 11) is 1.57. The lowest BCUT2D eigenvalue weighted by Crippen LogP contribution is -1.86. The molecule has 0 bridgehead atoms. The summed E-state index contributed by atoms with van der Waals surface area (Å²) in [5, 5.41) is 3.67. The summed E-state index contributed by atoms with van der Waals surface area (Å²) in [6.07, 6.45) is 0.521. The molecule has 98 valence electrons. The zero-order valence-corrected chi connectivity index (χ0v) is 11.1. The highest BCUT2D eigenvalue weighted by atomic mass is 16.5. The van der Waals surface area contributed by atoms with Crippen LogP contribution in [-0.4, -0.2) is 7.11 Å². The van der Waals surface area contributed by atoms with E-state index in [0.29, 0.717) is 17.9 Å². The molecule has 0 saturated heterocycles. The van der Waals surface area contributed by atoms with Crippen LogP contribution in [0.3, 0.4) is 0 Å². The highest BCUT2D eigenvalue weighted by molar-refractivity contribution is 5.52. The maximum absolute atomic E-state index is 8.59. The van der Waals surface area contributed by atoms with E-state index in [1.165, 1.54) is 0 Å². The maximum atomic E-state index is 8.59. The Bertz CT molecular complexity index is 693. The quantitative estimate of drug-likeness (QED) is 0.354. The van der Waals surface area contributed by atoms with Crippen molar-refractivity contribution in [1.82, 2.24) is 0 Å². The van der Waals surface area contributed by atoms with E-state index in [4.69, 9.17) is 10.3 Å². The Morgan fingerprint density at radius 3 is 2.70 bits per heavy atom. The van der Waals surface area contributed by atoms with Gasteiger partial charge in [0.1, 0.15) is 5.75 Å². The molecule has 20 heavy (non-hydrogen) atoms. The van der Waals surface area contributed by atoms with Crippen molar-refractivity contribution in [1.29, 1.82) is 0 Å². The zero-order valence-electron chi connectivity index (χ0n) is 11.1. The van der Waals surface area contributed by atoms with Crippen LogP contribution >= 0.6 is 0 Å². The number of hydrogen-bond donors (Lipinski definition) is 0. The van der Waals surface area contributed by atoms with E-state index in [1.807, 2.05) is 42.5 Å². The van der Waals surface area contributed by atoms with Crippen molar-refractivity contribution < 1.29 is 4.74 Å². The van der Waals surface area contributed by atoms with Crippen LogP contribution in [-0.2, 0) is 6.42 Å². The molecular formula is C16H13N3O. The second-order valence-corrected chi connectivity index (χ2v) is 4.03. The molecule has 4 heteroatoms. The van der Waals surface area contributed by atoms with Crippen LogP contribution in [0, 0.1) is 11.8 Å². The Morgan fingerprint density at radius 1 is 1.20 bits per heavy atom. The minimum absolute atomic E-state index is 0.521. The van der Waals surface area contributed by atoms with Crippen molar-refractivity contribution in [3.8, 4) is 17.6 Å². The second-order valence-electron chi connectivity index (χ2n) is 4.03. The smallest absolute Gasteiger partial charge is 0.119 e. The fourth-order valence-electron chi connectivity index (χ4n) is 1.72. The Balaban J connectivity index is 2.21. The molecular weight excluding hydrogens is 250 g/mol. The third-order valence-corrected chi connectivity index (χ3v) is 2.73. The lowest BCUT2D eigenvalue weighted by atomic mass is 10.1. The molecule has 0 amide bonds. The standard InChI is InChI=1S/C16H13N3O/c1-20-15-11-10-14(16(12-15)18-19-17)9-5-8-13-6-3-2-4-7-13/h2-4,6-7,10-12H,9H2,1H3. The molecule has 0 aliphatic carbocycles. The molecule has 0 fully saturated rings. The fourth-order valence-corrected chi connectivity index (χ4v) is 1.72. The summed E-state index contributed by atoms with van der Waals surface area (Å²) < 4.78 is 5.11. The predicted octanol–water partition coefficient (Wildman–Crippen LogP) is 4.23. The van der Waals surface area contributed by atoms with Gasteiger partial charge in [0.15, 0.2) is 0 Å². The van der Waals surface area contributed by atoms with Gasteiger partial charge in [-0.2, -0.15) is 0 Å². The van der Waals surface area contributed by atoms with Crippen LogP contribution in [0.2, 0.25) is 0 Å². The first-order chi connectivity index (χ1) is 9.83. The number of hydrogen-bond acceptors (Lipinski definition) is 2. The molecule has 0 saturated carbocycles. The van der Waals surface area contributed by atoms with Gasteiger partial charge >= 0.3 is 0 Å². The van der Waals surface area contributed by atoms with Crippen LogP contribution in [0.1, 0.15) is 11.1 Å². The van der Waals surface area contributed by atoms with Crippen molar-refractivity contribution >= 4 is 5.69 Å². The van der Waals surface area contributed by atoms with Gasteiger partial charge in [0.05, 0.1) is 7.11 Å². The van der Waals surface area contributed by atoms with Gasteiger partial charge < -0.3 is 4.74 Å². The van der Waals surface area contributed by atoms with E-state index >= 15 is 0 Å². The molecule has 2 aromatic carbocycles. The van der Waals surface area contributed by atoms with Gasteiger partial charge in [-0.25, -0.2) is 0 Å². The molecule has 0 radical (unpaired) electrons. The number of methoxy groups -OCH3 is 1. The van der Waals surface area contributed by atoms with E-state index < -0.39 is 0 Å². The average Bonchev–Trinajstić information content (AvgIpc) is 2.50. The first-order valence-corrected chi connectivity index (χ1v) is 6.09. The third-order valence-electron chi connectivity index (χ3n) is 2.73. The minimum atomic E-state index is 0.521. The number of benzene rings is 2. The van der Waals surface area contributed by atoms with Crippen LogP contribution < -0.4 is 4.74 Å². The van der Waals surface area contributed by atoms with Crippen LogP contribution in [0.5, 0.6) is 5.75 Å². The van der Waals surface area contributed by atoms with E-state index in [2.05, 4.69) is 21.9 Å². The normalized spacial score (nSPS) is 9.05. The number of ether oxygens (including phenoxy) is 1. The molecule has 2 aromatic rings. The van der Waals surface area contributed by atoms with Crippen LogP contribution in [0.25, 0.3) is 10.4 Å². The van der Waals surface area contributed by atoms with E-state index in [0.717, 1.165) is 11.1 Å². The maximum Gasteiger partial charge on any atom is 0.119 e. The van der Waals surface area contributed by atoms with Gasteiger partial charge in [0.25, 0.3) is 0 Å². The Labute approximate surface area is 117 Å². The van der Waals surface area contributed by atoms with Crippen molar-refractivity contribution in [2.24, 2.45) is 5.11 Å². The van der Waals surface area contributed by atoms with Gasteiger partial charge in [0.2, 0.25) is 0 Å². The second kappa shape index (κ2) is 6.89. The number of azide groups is 1. The molecule has 0 heterocycles. The largest absolute Gasteiger partial charge is 0.497 e.